The van der Waals surface area contributed by atoms with Gasteiger partial charge in [-0.3, -0.25) is 0 Å². The van der Waals surface area contributed by atoms with Gasteiger partial charge >= 0.3 is 11.9 Å². The molecule has 1 radical (unpaired) electrons. The zero-order valence-corrected chi connectivity index (χ0v) is 16.3. The van der Waals surface area contributed by atoms with E-state index in [1.807, 2.05) is 13.8 Å². The normalized spacial score (nSPS) is 9.62. The van der Waals surface area contributed by atoms with Crippen LogP contribution in [0.3, 0.4) is 0 Å². The fraction of sp³-hybridized carbons (Fsp3) is 0.500. The van der Waals surface area contributed by atoms with E-state index in [0.717, 1.165) is 25.7 Å². The van der Waals surface area contributed by atoms with E-state index in [1.165, 1.54) is 0 Å². The van der Waals surface area contributed by atoms with Crippen molar-refractivity contribution in [1.29, 1.82) is 0 Å². The van der Waals surface area contributed by atoms with Crippen molar-refractivity contribution in [1.82, 2.24) is 0 Å². The van der Waals surface area contributed by atoms with Crippen molar-refractivity contribution in [2.45, 2.75) is 39.5 Å². The zero-order valence-electron chi connectivity index (χ0n) is 13.2. The summed E-state index contributed by atoms with van der Waals surface area (Å²) in [5.74, 6) is -0.942. The van der Waals surface area contributed by atoms with Crippen LogP contribution < -0.4 is 0 Å². The van der Waals surface area contributed by atoms with Crippen LogP contribution in [0.4, 0.5) is 0 Å². The topological polar surface area (TPSA) is 52.6 Å². The summed E-state index contributed by atoms with van der Waals surface area (Å²) in [5.41, 5.74) is 0.537. The van der Waals surface area contributed by atoms with Crippen LogP contribution in [0.5, 0.6) is 0 Å². The van der Waals surface area contributed by atoms with Crippen molar-refractivity contribution in [2.24, 2.45) is 0 Å². The van der Waals surface area contributed by atoms with Crippen LogP contribution in [0.25, 0.3) is 0 Å². The van der Waals surface area contributed by atoms with E-state index in [1.54, 1.807) is 24.3 Å². The summed E-state index contributed by atoms with van der Waals surface area (Å²) in [6, 6.07) is 6.59. The van der Waals surface area contributed by atoms with Gasteiger partial charge in [-0.1, -0.05) is 38.8 Å². The molecule has 0 heterocycles. The molecule has 1 aromatic carbocycles. The molecule has 1 aromatic rings. The van der Waals surface area contributed by atoms with Gasteiger partial charge in [0.05, 0.1) is 24.3 Å². The van der Waals surface area contributed by atoms with E-state index in [-0.39, 0.29) is 62.5 Å². The minimum atomic E-state index is -0.471. The van der Waals surface area contributed by atoms with Gasteiger partial charge in [0.2, 0.25) is 0 Å². The van der Waals surface area contributed by atoms with Crippen molar-refractivity contribution < 1.29 is 19.1 Å². The Bertz CT molecular complexity index is 405. The first-order chi connectivity index (χ1) is 9.70. The number of hydrogen-bond acceptors (Lipinski definition) is 4. The average Bonchev–Trinajstić information content (AvgIpc) is 2.47. The Morgan fingerprint density at radius 3 is 1.57 bits per heavy atom. The zero-order chi connectivity index (χ0) is 14.8. The first kappa shape index (κ1) is 20.8. The van der Waals surface area contributed by atoms with Gasteiger partial charge in [-0.05, 0) is 25.0 Å². The molecule has 5 heteroatoms. The van der Waals surface area contributed by atoms with Gasteiger partial charge < -0.3 is 9.47 Å². The summed E-state index contributed by atoms with van der Waals surface area (Å²) < 4.78 is 10.3. The molecule has 0 amide bonds. The summed E-state index contributed by atoms with van der Waals surface area (Å²) in [7, 11) is 0. The molecule has 111 valence electrons. The molecular weight excluding hydrogens is 295 g/mol. The SMILES string of the molecule is CCCCOC(=O)c1ccccc1C(=O)OCCCC.[K]. The number of hydrogen-bond donors (Lipinski definition) is 0. The third-order valence-corrected chi connectivity index (χ3v) is 2.83. The molecule has 0 aliphatic carbocycles. The summed E-state index contributed by atoms with van der Waals surface area (Å²) in [4.78, 5) is 23.9. The number of rotatable bonds is 8. The van der Waals surface area contributed by atoms with Crippen LogP contribution in [0.15, 0.2) is 24.3 Å². The summed E-state index contributed by atoms with van der Waals surface area (Å²) in [6.45, 7) is 4.78. The van der Waals surface area contributed by atoms with Crippen molar-refractivity contribution in [3.05, 3.63) is 35.4 Å². The number of carbonyl (C=O) groups is 2. The van der Waals surface area contributed by atoms with Crippen LogP contribution in [-0.4, -0.2) is 76.5 Å². The molecule has 0 saturated carbocycles. The van der Waals surface area contributed by atoms with Crippen LogP contribution in [0.2, 0.25) is 0 Å². The Morgan fingerprint density at radius 2 is 1.24 bits per heavy atom. The molecule has 0 bridgehead atoms. The molecular formula is C16H22KO4. The molecule has 0 aliphatic rings. The molecule has 0 saturated heterocycles. The second-order valence-corrected chi connectivity index (χ2v) is 4.52. The van der Waals surface area contributed by atoms with Gasteiger partial charge in [0, 0.05) is 51.4 Å². The van der Waals surface area contributed by atoms with E-state index in [9.17, 15) is 9.59 Å². The van der Waals surface area contributed by atoms with Gasteiger partial charge in [0.25, 0.3) is 0 Å². The van der Waals surface area contributed by atoms with Crippen LogP contribution in [-0.2, 0) is 9.47 Å². The fourth-order valence-electron chi connectivity index (χ4n) is 1.61. The van der Waals surface area contributed by atoms with Gasteiger partial charge in [-0.2, -0.15) is 0 Å². The minimum absolute atomic E-state index is 0. The van der Waals surface area contributed by atoms with Gasteiger partial charge in [-0.15, -0.1) is 0 Å². The fourth-order valence-corrected chi connectivity index (χ4v) is 1.61. The molecule has 0 atom stereocenters. The summed E-state index contributed by atoms with van der Waals surface area (Å²) >= 11 is 0. The molecule has 0 unspecified atom stereocenters. The number of benzene rings is 1. The maximum Gasteiger partial charge on any atom is 0.339 e. The van der Waals surface area contributed by atoms with E-state index in [0.29, 0.717) is 13.2 Å². The monoisotopic (exact) mass is 317 g/mol. The molecule has 0 aromatic heterocycles. The maximum absolute atomic E-state index is 11.9. The van der Waals surface area contributed by atoms with Crippen molar-refractivity contribution in [3.63, 3.8) is 0 Å². The van der Waals surface area contributed by atoms with Crippen LogP contribution in [0, 0.1) is 0 Å². The Kier molecular flexibility index (Phi) is 12.2. The number of unbranched alkanes of at least 4 members (excludes halogenated alkanes) is 2. The quantitative estimate of drug-likeness (QED) is 0.420. The third kappa shape index (κ3) is 7.56. The number of carbonyl (C=O) groups excluding carboxylic acids is 2. The smallest absolute Gasteiger partial charge is 0.339 e. The predicted octanol–water partition coefficient (Wildman–Crippen LogP) is 3.22. The van der Waals surface area contributed by atoms with Crippen molar-refractivity contribution in [3.8, 4) is 0 Å². The molecule has 4 nitrogen and oxygen atoms in total. The first-order valence-corrected chi connectivity index (χ1v) is 7.14. The van der Waals surface area contributed by atoms with Crippen LogP contribution >= 0.6 is 0 Å². The van der Waals surface area contributed by atoms with Gasteiger partial charge in [0.15, 0.2) is 0 Å². The molecule has 0 spiro atoms. The standard InChI is InChI=1S/C16H22O4.K/c1-3-5-11-19-15(17)13-9-7-8-10-14(13)16(18)20-12-6-4-2;/h7-10H,3-6,11-12H2,1-2H3;. The molecule has 1 rings (SSSR count). The van der Waals surface area contributed by atoms with Crippen LogP contribution in [0.1, 0.15) is 60.2 Å². The molecule has 0 aliphatic heterocycles. The summed E-state index contributed by atoms with van der Waals surface area (Å²) in [6.07, 6.45) is 3.53. The van der Waals surface area contributed by atoms with Gasteiger partial charge in [0.1, 0.15) is 0 Å². The third-order valence-electron chi connectivity index (χ3n) is 2.83. The van der Waals surface area contributed by atoms with E-state index in [2.05, 4.69) is 0 Å². The van der Waals surface area contributed by atoms with E-state index in [4.69, 9.17) is 9.47 Å². The second-order valence-electron chi connectivity index (χ2n) is 4.52. The number of esters is 2. The molecule has 0 N–H and O–H groups in total. The Hall–Kier alpha value is -0.204. The Labute approximate surface area is 169 Å². The first-order valence-electron chi connectivity index (χ1n) is 7.14. The minimum Gasteiger partial charge on any atom is -0.462 e. The van der Waals surface area contributed by atoms with Gasteiger partial charge in [-0.25, -0.2) is 9.59 Å². The molecule has 0 fully saturated rings. The summed E-state index contributed by atoms with van der Waals surface area (Å²) in [5, 5.41) is 0. The Balaban J connectivity index is 0.00000400. The van der Waals surface area contributed by atoms with Crippen molar-refractivity contribution >= 4 is 63.3 Å². The largest absolute Gasteiger partial charge is 0.462 e. The molecule has 21 heavy (non-hydrogen) atoms. The predicted molar refractivity (Wildman–Crippen MR) is 82.6 cm³/mol. The number of ether oxygens (including phenoxy) is 2. The average molecular weight is 317 g/mol. The van der Waals surface area contributed by atoms with E-state index < -0.39 is 11.9 Å². The Morgan fingerprint density at radius 1 is 0.857 bits per heavy atom. The second kappa shape index (κ2) is 12.4. The van der Waals surface area contributed by atoms with Crippen molar-refractivity contribution in [2.75, 3.05) is 13.2 Å². The van der Waals surface area contributed by atoms with E-state index >= 15 is 0 Å². The maximum atomic E-state index is 11.9.